The first-order chi connectivity index (χ1) is 5.24. The minimum Gasteiger partial charge on any atom is -0.192 e. The van der Waals surface area contributed by atoms with Gasteiger partial charge in [0.25, 0.3) is 0 Å². The van der Waals surface area contributed by atoms with Crippen molar-refractivity contribution >= 4 is 13.3 Å². The summed E-state index contributed by atoms with van der Waals surface area (Å²) in [5, 5.41) is 8.71. The number of rotatable bonds is 1. The molecular formula is C7H5NO2P+. The molecule has 0 amide bonds. The van der Waals surface area contributed by atoms with E-state index in [9.17, 15) is 4.57 Å². The smallest absolute Gasteiger partial charge is 0.192 e. The molecule has 0 spiro atoms. The third-order valence-electron chi connectivity index (χ3n) is 1.20. The quantitative estimate of drug-likeness (QED) is 0.631. The molecule has 0 aliphatic heterocycles. The zero-order chi connectivity index (χ0) is 8.27. The van der Waals surface area contributed by atoms with Crippen molar-refractivity contribution in [2.24, 2.45) is 0 Å². The van der Waals surface area contributed by atoms with Crippen LogP contribution < -0.4 is 5.30 Å². The van der Waals surface area contributed by atoms with Crippen molar-refractivity contribution < 1.29 is 9.46 Å². The Hall–Kier alpha value is -1.23. The summed E-state index contributed by atoms with van der Waals surface area (Å²) in [5.41, 5.74) is 0.403. The molecule has 1 N–H and O–H groups in total. The summed E-state index contributed by atoms with van der Waals surface area (Å²) in [4.78, 5) is 8.64. The molecule has 3 nitrogen and oxygen atoms in total. The molecule has 54 valence electrons. The Morgan fingerprint density at radius 1 is 1.55 bits per heavy atom. The van der Waals surface area contributed by atoms with Gasteiger partial charge in [-0.15, -0.1) is 0 Å². The average molecular weight is 166 g/mol. The third-order valence-corrected chi connectivity index (χ3v) is 1.92. The minimum absolute atomic E-state index is 0.291. The second-order valence-corrected chi connectivity index (χ2v) is 3.00. The normalized spacial score (nSPS) is 10.4. The Kier molecular flexibility index (Phi) is 2.32. The summed E-state index contributed by atoms with van der Waals surface area (Å²) < 4.78 is 10.5. The molecule has 0 aliphatic rings. The molecule has 0 aromatic heterocycles. The van der Waals surface area contributed by atoms with Crippen molar-refractivity contribution in [3.63, 3.8) is 0 Å². The van der Waals surface area contributed by atoms with Gasteiger partial charge in [0.2, 0.25) is 5.30 Å². The molecule has 11 heavy (non-hydrogen) atoms. The van der Waals surface area contributed by atoms with Crippen LogP contribution in [-0.4, -0.2) is 4.89 Å². The van der Waals surface area contributed by atoms with Gasteiger partial charge < -0.3 is 0 Å². The predicted octanol–water partition coefficient (Wildman–Crippen LogP) is 0.918. The van der Waals surface area contributed by atoms with E-state index in [0.717, 1.165) is 0 Å². The fourth-order valence-electron chi connectivity index (χ4n) is 0.694. The molecule has 0 fully saturated rings. The van der Waals surface area contributed by atoms with Crippen LogP contribution in [-0.2, 0) is 4.57 Å². The lowest BCUT2D eigenvalue weighted by atomic mass is 10.2. The second-order valence-electron chi connectivity index (χ2n) is 1.94. The van der Waals surface area contributed by atoms with Crippen LogP contribution >= 0.6 is 8.03 Å². The maximum Gasteiger partial charge on any atom is 0.546 e. The summed E-state index contributed by atoms with van der Waals surface area (Å²) >= 11 is 0. The topological polar surface area (TPSA) is 61.1 Å². The van der Waals surface area contributed by atoms with E-state index in [1.807, 2.05) is 6.07 Å². The molecule has 0 heterocycles. The Morgan fingerprint density at radius 3 is 2.82 bits per heavy atom. The summed E-state index contributed by atoms with van der Waals surface area (Å²) in [5.74, 6) is 0. The van der Waals surface area contributed by atoms with Gasteiger partial charge in [-0.05, 0) is 16.7 Å². The fraction of sp³-hybridized carbons (Fsp3) is 0. The number of hydrogen-bond acceptors (Lipinski definition) is 2. The number of benzene rings is 1. The summed E-state index contributed by atoms with van der Waals surface area (Å²) in [6.45, 7) is 0. The van der Waals surface area contributed by atoms with Crippen LogP contribution in [0, 0.1) is 11.3 Å². The molecule has 1 aromatic carbocycles. The number of nitrogens with zero attached hydrogens (tertiary/aromatic N) is 1. The zero-order valence-corrected chi connectivity index (χ0v) is 6.45. The molecular weight excluding hydrogens is 161 g/mol. The molecule has 0 saturated heterocycles. The van der Waals surface area contributed by atoms with Gasteiger partial charge in [-0.3, -0.25) is 0 Å². The maximum atomic E-state index is 10.5. The van der Waals surface area contributed by atoms with E-state index < -0.39 is 8.03 Å². The zero-order valence-electron chi connectivity index (χ0n) is 5.56. The van der Waals surface area contributed by atoms with Crippen molar-refractivity contribution in [1.29, 1.82) is 5.26 Å². The van der Waals surface area contributed by atoms with E-state index in [4.69, 9.17) is 10.2 Å². The molecule has 1 atom stereocenters. The van der Waals surface area contributed by atoms with Crippen molar-refractivity contribution in [3.8, 4) is 6.07 Å². The minimum atomic E-state index is -2.32. The second kappa shape index (κ2) is 3.25. The number of hydrogen-bond donors (Lipinski definition) is 1. The maximum absolute atomic E-state index is 10.5. The summed E-state index contributed by atoms with van der Waals surface area (Å²) in [7, 11) is -2.32. The van der Waals surface area contributed by atoms with Crippen LogP contribution in [0.15, 0.2) is 24.3 Å². The highest BCUT2D eigenvalue weighted by Crippen LogP contribution is 2.12. The van der Waals surface area contributed by atoms with E-state index >= 15 is 0 Å². The van der Waals surface area contributed by atoms with Crippen LogP contribution in [0.5, 0.6) is 0 Å². The van der Waals surface area contributed by atoms with E-state index in [0.29, 0.717) is 10.9 Å². The summed E-state index contributed by atoms with van der Waals surface area (Å²) in [6.07, 6.45) is 0. The van der Waals surface area contributed by atoms with Crippen molar-refractivity contribution in [1.82, 2.24) is 0 Å². The molecule has 0 aliphatic carbocycles. The largest absolute Gasteiger partial charge is 0.546 e. The predicted molar refractivity (Wildman–Crippen MR) is 40.6 cm³/mol. The highest BCUT2D eigenvalue weighted by Gasteiger charge is 2.15. The highest BCUT2D eigenvalue weighted by atomic mass is 31.1. The van der Waals surface area contributed by atoms with Crippen LogP contribution in [0.1, 0.15) is 5.56 Å². The van der Waals surface area contributed by atoms with Gasteiger partial charge in [0.05, 0.1) is 11.6 Å². The highest BCUT2D eigenvalue weighted by molar-refractivity contribution is 7.47. The molecule has 4 heteroatoms. The molecule has 0 bridgehead atoms. The Labute approximate surface area is 64.8 Å². The lowest BCUT2D eigenvalue weighted by molar-refractivity contribution is 0.513. The SMILES string of the molecule is N#Cc1cccc([P+](=O)O)c1. The first-order valence-electron chi connectivity index (χ1n) is 2.90. The van der Waals surface area contributed by atoms with Gasteiger partial charge in [0.1, 0.15) is 0 Å². The Bertz CT molecular complexity index is 329. The molecule has 1 aromatic rings. The average Bonchev–Trinajstić information content (AvgIpc) is 2.05. The molecule has 1 rings (SSSR count). The first-order valence-corrected chi connectivity index (χ1v) is 4.11. The fourth-order valence-corrected chi connectivity index (χ4v) is 1.16. The lowest BCUT2D eigenvalue weighted by Crippen LogP contribution is -1.94. The van der Waals surface area contributed by atoms with Gasteiger partial charge in [0.15, 0.2) is 0 Å². The van der Waals surface area contributed by atoms with Gasteiger partial charge in [-0.1, -0.05) is 6.07 Å². The number of nitriles is 1. The lowest BCUT2D eigenvalue weighted by Gasteiger charge is -1.83. The molecule has 1 unspecified atom stereocenters. The van der Waals surface area contributed by atoms with Gasteiger partial charge in [-0.2, -0.15) is 10.2 Å². The van der Waals surface area contributed by atoms with Crippen LogP contribution in [0.4, 0.5) is 0 Å². The van der Waals surface area contributed by atoms with Crippen molar-refractivity contribution in [2.45, 2.75) is 0 Å². The van der Waals surface area contributed by atoms with Crippen LogP contribution in [0.25, 0.3) is 0 Å². The van der Waals surface area contributed by atoms with E-state index in [1.165, 1.54) is 12.1 Å². The van der Waals surface area contributed by atoms with E-state index in [2.05, 4.69) is 0 Å². The van der Waals surface area contributed by atoms with E-state index in [1.54, 1.807) is 12.1 Å². The van der Waals surface area contributed by atoms with Crippen molar-refractivity contribution in [3.05, 3.63) is 29.8 Å². The van der Waals surface area contributed by atoms with E-state index in [-0.39, 0.29) is 0 Å². The van der Waals surface area contributed by atoms with Gasteiger partial charge in [-0.25, -0.2) is 0 Å². The monoisotopic (exact) mass is 166 g/mol. The van der Waals surface area contributed by atoms with Crippen LogP contribution in [0.2, 0.25) is 0 Å². The Balaban J connectivity index is 3.13. The van der Waals surface area contributed by atoms with Crippen LogP contribution in [0.3, 0.4) is 0 Å². The molecule has 0 radical (unpaired) electrons. The van der Waals surface area contributed by atoms with Crippen molar-refractivity contribution in [2.75, 3.05) is 0 Å². The first kappa shape index (κ1) is 7.87. The van der Waals surface area contributed by atoms with Gasteiger partial charge in [0, 0.05) is 6.07 Å². The Morgan fingerprint density at radius 2 is 2.27 bits per heavy atom. The summed E-state index contributed by atoms with van der Waals surface area (Å²) in [6, 6.07) is 7.96. The third kappa shape index (κ3) is 1.84. The standard InChI is InChI=1S/C7H4NO2P/c8-5-6-2-1-3-7(4-6)11(9)10/h1-4H/p+1. The van der Waals surface area contributed by atoms with Gasteiger partial charge >= 0.3 is 8.03 Å². The molecule has 0 saturated carbocycles.